The average Bonchev–Trinajstić information content (AvgIpc) is 3.34. The summed E-state index contributed by atoms with van der Waals surface area (Å²) >= 11 is 0. The van der Waals surface area contributed by atoms with E-state index in [0.29, 0.717) is 23.8 Å². The normalized spacial score (nSPS) is 14.6. The van der Waals surface area contributed by atoms with Gasteiger partial charge in [-0.2, -0.15) is 0 Å². The van der Waals surface area contributed by atoms with Gasteiger partial charge in [-0.3, -0.25) is 0 Å². The molecule has 1 rings (SSSR count). The van der Waals surface area contributed by atoms with E-state index in [9.17, 15) is 13.8 Å². The maximum Gasteiger partial charge on any atom is 0.120 e. The molecule has 3 atom stereocenters. The molecule has 7 nitrogen and oxygen atoms in total. The molecule has 68 heavy (non-hydrogen) atoms. The SMILES string of the molecule is CCCCCCC(CC=O)CCCC.CCCCCCC(CC=O)CCCC.CCCCCCCCS(=O)N(CC1CCN(C)CC1)C(CCCCCCCCOC)CCCCCCCCOC. The minimum absolute atomic E-state index is 0.488. The third-order valence-electron chi connectivity index (χ3n) is 14.6. The molecule has 0 aliphatic carbocycles. The van der Waals surface area contributed by atoms with Gasteiger partial charge < -0.3 is 24.0 Å². The molecular weight excluding hydrogens is 861 g/mol. The summed E-state index contributed by atoms with van der Waals surface area (Å²) in [6, 6.07) is 0.488. The molecule has 0 radical (unpaired) electrons. The first-order valence-corrected chi connectivity index (χ1v) is 31.3. The molecule has 1 aliphatic heterocycles. The molecule has 0 saturated carbocycles. The zero-order valence-electron chi connectivity index (χ0n) is 47.3. The van der Waals surface area contributed by atoms with Gasteiger partial charge >= 0.3 is 0 Å². The average molecular weight is 984 g/mol. The number of ether oxygens (including phenoxy) is 2. The number of methoxy groups -OCH3 is 2. The molecule has 8 heteroatoms. The molecule has 1 fully saturated rings. The second-order valence-electron chi connectivity index (χ2n) is 21.1. The summed E-state index contributed by atoms with van der Waals surface area (Å²) in [7, 11) is 5.01. The van der Waals surface area contributed by atoms with E-state index in [-0.39, 0.29) is 0 Å². The number of nitrogens with zero attached hydrogens (tertiary/aromatic N) is 2. The topological polar surface area (TPSA) is 76.2 Å². The molecule has 0 aromatic heterocycles. The number of piperidine rings is 1. The van der Waals surface area contributed by atoms with Crippen molar-refractivity contribution in [1.29, 1.82) is 0 Å². The first-order valence-electron chi connectivity index (χ1n) is 30.0. The second-order valence-corrected chi connectivity index (χ2v) is 22.6. The van der Waals surface area contributed by atoms with Crippen LogP contribution in [0.3, 0.4) is 0 Å². The summed E-state index contributed by atoms with van der Waals surface area (Å²) in [6.07, 6.45) is 52.5. The van der Waals surface area contributed by atoms with Crippen LogP contribution in [0.25, 0.3) is 0 Å². The summed E-state index contributed by atoms with van der Waals surface area (Å²) in [5, 5.41) is 0. The van der Waals surface area contributed by atoms with Gasteiger partial charge in [0.2, 0.25) is 0 Å². The molecule has 1 saturated heterocycles. The minimum atomic E-state index is -0.839. The maximum absolute atomic E-state index is 13.9. The van der Waals surface area contributed by atoms with E-state index in [1.807, 2.05) is 0 Å². The van der Waals surface area contributed by atoms with Crippen molar-refractivity contribution in [2.75, 3.05) is 59.9 Å². The molecule has 0 aromatic carbocycles. The maximum atomic E-state index is 13.9. The summed E-state index contributed by atoms with van der Waals surface area (Å²) in [5.74, 6) is 2.91. The Balaban J connectivity index is 0. The van der Waals surface area contributed by atoms with Crippen LogP contribution in [-0.2, 0) is 30.0 Å². The number of hydrogen-bond donors (Lipinski definition) is 0. The highest BCUT2D eigenvalue weighted by molar-refractivity contribution is 7.82. The van der Waals surface area contributed by atoms with E-state index < -0.39 is 11.0 Å². The van der Waals surface area contributed by atoms with E-state index in [4.69, 9.17) is 9.47 Å². The smallest absolute Gasteiger partial charge is 0.120 e. The summed E-state index contributed by atoms with van der Waals surface area (Å²) in [6.45, 7) is 16.4. The molecule has 0 aromatic rings. The molecule has 1 heterocycles. The van der Waals surface area contributed by atoms with Crippen molar-refractivity contribution in [1.82, 2.24) is 9.21 Å². The number of carbonyl (C=O) groups excluding carboxylic acids is 2. The quantitative estimate of drug-likeness (QED) is 0.0447. The monoisotopic (exact) mass is 983 g/mol. The van der Waals surface area contributed by atoms with Crippen LogP contribution in [0.5, 0.6) is 0 Å². The zero-order chi connectivity index (χ0) is 50.4. The Labute approximate surface area is 429 Å². The highest BCUT2D eigenvalue weighted by atomic mass is 32.2. The first kappa shape index (κ1) is 69.4. The summed E-state index contributed by atoms with van der Waals surface area (Å²) < 4.78 is 26.8. The molecule has 0 spiro atoms. The fourth-order valence-electron chi connectivity index (χ4n) is 9.86. The predicted molar refractivity (Wildman–Crippen MR) is 300 cm³/mol. The van der Waals surface area contributed by atoms with Gasteiger partial charge in [-0.15, -0.1) is 0 Å². The lowest BCUT2D eigenvalue weighted by Gasteiger charge is -2.36. The summed E-state index contributed by atoms with van der Waals surface area (Å²) in [5.41, 5.74) is 0. The third-order valence-corrected chi connectivity index (χ3v) is 16.2. The Morgan fingerprint density at radius 2 is 0.824 bits per heavy atom. The van der Waals surface area contributed by atoms with Gasteiger partial charge in [-0.1, -0.05) is 234 Å². The number of unbranched alkanes of at least 4 members (excludes halogenated alkanes) is 23. The van der Waals surface area contributed by atoms with Gasteiger partial charge in [0.05, 0.1) is 11.0 Å². The molecule has 1 aliphatic rings. The van der Waals surface area contributed by atoms with Crippen LogP contribution in [0.4, 0.5) is 0 Å². The molecule has 3 unspecified atom stereocenters. The fraction of sp³-hybridized carbons (Fsp3) is 0.967. The van der Waals surface area contributed by atoms with Crippen LogP contribution in [0.1, 0.15) is 291 Å². The Morgan fingerprint density at radius 1 is 0.485 bits per heavy atom. The fourth-order valence-corrected chi connectivity index (χ4v) is 11.5. The van der Waals surface area contributed by atoms with Gasteiger partial charge in [-0.05, 0) is 82.8 Å². The van der Waals surface area contributed by atoms with E-state index in [2.05, 4.69) is 50.9 Å². The Morgan fingerprint density at radius 3 is 1.22 bits per heavy atom. The molecule has 0 bridgehead atoms. The van der Waals surface area contributed by atoms with Crippen LogP contribution in [0.15, 0.2) is 0 Å². The van der Waals surface area contributed by atoms with Crippen LogP contribution in [-0.4, -0.2) is 91.9 Å². The highest BCUT2D eigenvalue weighted by Gasteiger charge is 2.28. The number of carbonyl (C=O) groups is 2. The number of likely N-dealkylation sites (tertiary alicyclic amines) is 1. The Bertz CT molecular complexity index is 960. The van der Waals surface area contributed by atoms with Crippen molar-refractivity contribution in [3.63, 3.8) is 0 Å². The van der Waals surface area contributed by atoms with E-state index in [1.54, 1.807) is 14.2 Å². The second kappa shape index (κ2) is 57.2. The first-order chi connectivity index (χ1) is 33.3. The van der Waals surface area contributed by atoms with Crippen LogP contribution < -0.4 is 0 Å². The number of aldehydes is 2. The Kier molecular flexibility index (Phi) is 58.4. The van der Waals surface area contributed by atoms with E-state index >= 15 is 0 Å². The molecule has 408 valence electrons. The van der Waals surface area contributed by atoms with E-state index in [1.165, 1.54) is 251 Å². The van der Waals surface area contributed by atoms with Crippen LogP contribution >= 0.6 is 0 Å². The standard InChI is InChI=1S/C34H70N2O3S.2C13H26O/c1-5-6-7-8-17-22-31-40(37)36(32-33-25-27-35(2)28-26-33)34(23-18-13-9-11-15-20-29-38-3)24-19-14-10-12-16-21-30-39-4;2*1-3-5-7-8-10-13(11-12-14)9-6-4-2/h33-34H,5-32H2,1-4H3;2*12-13H,3-11H2,1-2H3. The van der Waals surface area contributed by atoms with Crippen molar-refractivity contribution in [3.05, 3.63) is 0 Å². The number of rotatable bonds is 49. The lowest BCUT2D eigenvalue weighted by atomic mass is 9.93. The van der Waals surface area contributed by atoms with Crippen molar-refractivity contribution in [2.45, 2.75) is 297 Å². The largest absolute Gasteiger partial charge is 0.385 e. The lowest BCUT2D eigenvalue weighted by molar-refractivity contribution is -0.109. The van der Waals surface area contributed by atoms with Crippen molar-refractivity contribution >= 4 is 23.6 Å². The van der Waals surface area contributed by atoms with Gasteiger partial charge in [0.1, 0.15) is 12.6 Å². The third kappa shape index (κ3) is 47.6. The van der Waals surface area contributed by atoms with E-state index in [0.717, 1.165) is 57.3 Å². The predicted octanol–water partition coefficient (Wildman–Crippen LogP) is 17.5. The van der Waals surface area contributed by atoms with Crippen molar-refractivity contribution in [2.24, 2.45) is 17.8 Å². The number of hydrogen-bond acceptors (Lipinski definition) is 6. The van der Waals surface area contributed by atoms with Gasteiger partial charge in [0.15, 0.2) is 0 Å². The van der Waals surface area contributed by atoms with Gasteiger partial charge in [0, 0.05) is 58.6 Å². The molecular formula is C60H122N2O5S. The molecule has 0 amide bonds. The van der Waals surface area contributed by atoms with Gasteiger partial charge in [0.25, 0.3) is 0 Å². The van der Waals surface area contributed by atoms with Crippen molar-refractivity contribution < 1.29 is 23.3 Å². The Hall–Kier alpha value is -0.670. The molecule has 0 N–H and O–H groups in total. The zero-order valence-corrected chi connectivity index (χ0v) is 48.2. The van der Waals surface area contributed by atoms with Crippen LogP contribution in [0.2, 0.25) is 0 Å². The summed E-state index contributed by atoms with van der Waals surface area (Å²) in [4.78, 5) is 23.4. The van der Waals surface area contributed by atoms with Gasteiger partial charge in [-0.25, -0.2) is 8.51 Å². The lowest BCUT2D eigenvalue weighted by Crippen LogP contribution is -2.43. The highest BCUT2D eigenvalue weighted by Crippen LogP contribution is 2.26. The van der Waals surface area contributed by atoms with Crippen molar-refractivity contribution in [3.8, 4) is 0 Å². The minimum Gasteiger partial charge on any atom is -0.385 e. The van der Waals surface area contributed by atoms with Crippen LogP contribution in [0, 0.1) is 17.8 Å².